The summed E-state index contributed by atoms with van der Waals surface area (Å²) in [7, 11) is 0. The molecule has 0 heterocycles. The molecular weight excluding hydrogens is 703 g/mol. The quantitative estimate of drug-likeness (QED) is 0.0850. The van der Waals surface area contributed by atoms with Gasteiger partial charge in [-0.3, -0.25) is 4.79 Å². The van der Waals surface area contributed by atoms with Gasteiger partial charge in [-0.05, 0) is 124 Å². The number of unbranched alkanes of at least 4 members (excludes halogenated alkanes) is 5. The highest BCUT2D eigenvalue weighted by Gasteiger charge is 2.66. The first kappa shape index (κ1) is 45.5. The molecule has 0 saturated heterocycles. The first-order valence-corrected chi connectivity index (χ1v) is 23.2. The van der Waals surface area contributed by atoms with Gasteiger partial charge < -0.3 is 34.4 Å². The molecule has 4 aliphatic carbocycles. The Hall–Kier alpha value is -1.55. The van der Waals surface area contributed by atoms with E-state index in [4.69, 9.17) is 14.2 Å². The molecule has 6 unspecified atom stereocenters. The van der Waals surface area contributed by atoms with Gasteiger partial charge in [0.15, 0.2) is 0 Å². The second kappa shape index (κ2) is 22.7. The number of aliphatic hydroxyl groups is 3. The van der Waals surface area contributed by atoms with Crippen LogP contribution >= 0.6 is 0 Å². The molecule has 4 saturated carbocycles. The summed E-state index contributed by atoms with van der Waals surface area (Å²) in [6, 6.07) is 10.5. The van der Waals surface area contributed by atoms with Gasteiger partial charge in [0.1, 0.15) is 0 Å². The van der Waals surface area contributed by atoms with Crippen LogP contribution in [0.4, 0.5) is 0 Å². The van der Waals surface area contributed by atoms with Gasteiger partial charge in [0.05, 0.1) is 18.3 Å². The van der Waals surface area contributed by atoms with E-state index in [1.807, 2.05) is 6.07 Å². The largest absolute Gasteiger partial charge is 0.396 e. The van der Waals surface area contributed by atoms with Crippen molar-refractivity contribution in [2.75, 3.05) is 46.2 Å². The maximum atomic E-state index is 14.1. The molecule has 0 spiro atoms. The Morgan fingerprint density at radius 2 is 1.48 bits per heavy atom. The molecule has 1 aromatic rings. The van der Waals surface area contributed by atoms with Crippen molar-refractivity contribution in [2.45, 2.75) is 168 Å². The molecular formula is C48H81NO7. The fourth-order valence-corrected chi connectivity index (χ4v) is 12.4. The fraction of sp³-hybridized carbons (Fsp3) is 0.854. The predicted octanol–water partition coefficient (Wildman–Crippen LogP) is 8.97. The lowest BCUT2D eigenvalue weighted by Crippen LogP contribution is -2.63. The van der Waals surface area contributed by atoms with Gasteiger partial charge in [-0.1, -0.05) is 90.1 Å². The van der Waals surface area contributed by atoms with Crippen molar-refractivity contribution < 1.29 is 34.3 Å². The molecule has 0 aliphatic heterocycles. The van der Waals surface area contributed by atoms with Crippen LogP contribution in [0.1, 0.15) is 149 Å². The van der Waals surface area contributed by atoms with E-state index in [2.05, 4.69) is 56.9 Å². The summed E-state index contributed by atoms with van der Waals surface area (Å²) in [4.78, 5) is 16.2. The van der Waals surface area contributed by atoms with Crippen LogP contribution in [0.15, 0.2) is 30.3 Å². The van der Waals surface area contributed by atoms with Crippen LogP contribution in [0.25, 0.3) is 0 Å². The molecule has 5 rings (SSSR count). The normalized spacial score (nSPS) is 33.1. The first-order valence-electron chi connectivity index (χ1n) is 23.2. The summed E-state index contributed by atoms with van der Waals surface area (Å²) in [6.45, 7) is 13.5. The van der Waals surface area contributed by atoms with Crippen molar-refractivity contribution in [2.24, 2.45) is 46.3 Å². The number of nitrogens with zero attached hydrogens (tertiary/aromatic N) is 1. The number of benzene rings is 1. The minimum Gasteiger partial charge on any atom is -0.396 e. The third-order valence-corrected chi connectivity index (χ3v) is 15.5. The van der Waals surface area contributed by atoms with Gasteiger partial charge in [0.2, 0.25) is 5.91 Å². The summed E-state index contributed by atoms with van der Waals surface area (Å²) in [5.74, 6) is 2.97. The van der Waals surface area contributed by atoms with Crippen LogP contribution in [0, 0.1) is 46.3 Å². The lowest BCUT2D eigenvalue weighted by atomic mass is 9.43. The predicted molar refractivity (Wildman–Crippen MR) is 224 cm³/mol. The first-order chi connectivity index (χ1) is 27.2. The zero-order chi connectivity index (χ0) is 40.0. The Labute approximate surface area is 340 Å². The molecule has 320 valence electrons. The number of ether oxygens (including phenoxy) is 3. The third kappa shape index (κ3) is 11.2. The number of hydrogen-bond acceptors (Lipinski definition) is 7. The van der Waals surface area contributed by atoms with Gasteiger partial charge in [0.25, 0.3) is 0 Å². The van der Waals surface area contributed by atoms with Crippen LogP contribution in [0.5, 0.6) is 0 Å². The van der Waals surface area contributed by atoms with Crippen LogP contribution in [-0.4, -0.2) is 90.6 Å². The van der Waals surface area contributed by atoms with E-state index < -0.39 is 0 Å². The second-order valence-corrected chi connectivity index (χ2v) is 18.9. The summed E-state index contributed by atoms with van der Waals surface area (Å²) < 4.78 is 20.1. The minimum atomic E-state index is -0.0479. The maximum Gasteiger partial charge on any atom is 0.222 e. The van der Waals surface area contributed by atoms with Crippen molar-refractivity contribution in [3.8, 4) is 0 Å². The smallest absolute Gasteiger partial charge is 0.222 e. The van der Waals surface area contributed by atoms with E-state index in [0.29, 0.717) is 87.6 Å². The van der Waals surface area contributed by atoms with Crippen molar-refractivity contribution in [3.05, 3.63) is 35.9 Å². The van der Waals surface area contributed by atoms with Crippen LogP contribution in [-0.2, 0) is 25.5 Å². The number of amides is 1. The molecule has 0 radical (unpaired) electrons. The van der Waals surface area contributed by atoms with E-state index >= 15 is 0 Å². The van der Waals surface area contributed by atoms with Gasteiger partial charge >= 0.3 is 0 Å². The van der Waals surface area contributed by atoms with E-state index in [-0.39, 0.29) is 54.9 Å². The Kier molecular flexibility index (Phi) is 18.5. The highest BCUT2D eigenvalue weighted by molar-refractivity contribution is 5.76. The molecule has 3 N–H and O–H groups in total. The molecule has 0 bridgehead atoms. The Bertz CT molecular complexity index is 1270. The summed E-state index contributed by atoms with van der Waals surface area (Å²) >= 11 is 0. The number of fused-ring (bicyclic) bond motifs is 5. The minimum absolute atomic E-state index is 0.0479. The molecule has 4 aliphatic rings. The number of rotatable bonds is 25. The van der Waals surface area contributed by atoms with E-state index in [1.165, 1.54) is 37.7 Å². The van der Waals surface area contributed by atoms with E-state index in [0.717, 1.165) is 64.3 Å². The van der Waals surface area contributed by atoms with Crippen molar-refractivity contribution in [1.29, 1.82) is 0 Å². The monoisotopic (exact) mass is 784 g/mol. The number of carbonyl (C=O) groups excluding carboxylic acids is 1. The highest BCUT2D eigenvalue weighted by atomic mass is 16.5. The number of hydrogen-bond donors (Lipinski definition) is 3. The Balaban J connectivity index is 1.33. The standard InChI is InChI=1S/C48H81NO7/c1-5-6-7-8-9-13-25-49(35-37-17-11-10-12-18-37)45(53)22-19-36(2)40-20-21-41-46-42(34-44(48(40,41)4)56-31-16-28-52)47(3)24-23-39(54-29-14-26-50)32-38(47)33-43(46)55-30-15-27-51/h10-12,17-18,36,38-44,46,50-52H,5-9,13-16,19-35H2,1-4H3/t36?,38?,39-,40?,41+,42+,43-,44+,46?,47?,48?/m1/s1. The molecule has 8 heteroatoms. The summed E-state index contributed by atoms with van der Waals surface area (Å²) in [5, 5.41) is 28.9. The van der Waals surface area contributed by atoms with Gasteiger partial charge in [-0.15, -0.1) is 0 Å². The van der Waals surface area contributed by atoms with Crippen molar-refractivity contribution in [3.63, 3.8) is 0 Å². The maximum absolute atomic E-state index is 14.1. The number of carbonyl (C=O) groups is 1. The second-order valence-electron chi connectivity index (χ2n) is 18.9. The topological polar surface area (TPSA) is 109 Å². The molecule has 1 aromatic carbocycles. The average Bonchev–Trinajstić information content (AvgIpc) is 3.56. The Morgan fingerprint density at radius 1 is 0.804 bits per heavy atom. The molecule has 56 heavy (non-hydrogen) atoms. The van der Waals surface area contributed by atoms with Crippen molar-refractivity contribution >= 4 is 5.91 Å². The lowest BCUT2D eigenvalue weighted by molar-refractivity contribution is -0.228. The molecule has 4 fully saturated rings. The van der Waals surface area contributed by atoms with Crippen molar-refractivity contribution in [1.82, 2.24) is 4.90 Å². The van der Waals surface area contributed by atoms with Crippen LogP contribution < -0.4 is 0 Å². The van der Waals surface area contributed by atoms with Gasteiger partial charge in [0, 0.05) is 64.6 Å². The lowest BCUT2D eigenvalue weighted by Gasteiger charge is -2.65. The molecule has 1 amide bonds. The number of aliphatic hydroxyl groups excluding tert-OH is 3. The van der Waals surface area contributed by atoms with Crippen LogP contribution in [0.2, 0.25) is 0 Å². The SMILES string of the molecule is CCCCCCCCN(Cc1ccccc1)C(=O)CCC(C)C1CC[C@H]2C3[C@H](OCCCO)CC4C[C@H](OCCCO)CCC4(C)[C@H]3C[C@H](OCCCO)C12C. The van der Waals surface area contributed by atoms with Gasteiger partial charge in [-0.2, -0.15) is 0 Å². The highest BCUT2D eigenvalue weighted by Crippen LogP contribution is 2.69. The third-order valence-electron chi connectivity index (χ3n) is 15.5. The molecule has 0 aromatic heterocycles. The zero-order valence-corrected chi connectivity index (χ0v) is 35.9. The summed E-state index contributed by atoms with van der Waals surface area (Å²) in [6.07, 6.45) is 18.8. The van der Waals surface area contributed by atoms with E-state index in [1.54, 1.807) is 0 Å². The molecule has 11 atom stereocenters. The van der Waals surface area contributed by atoms with Gasteiger partial charge in [-0.25, -0.2) is 0 Å². The van der Waals surface area contributed by atoms with Crippen LogP contribution in [0.3, 0.4) is 0 Å². The average molecular weight is 784 g/mol. The molecule has 8 nitrogen and oxygen atoms in total. The summed E-state index contributed by atoms with van der Waals surface area (Å²) in [5.41, 5.74) is 1.33. The van der Waals surface area contributed by atoms with E-state index in [9.17, 15) is 20.1 Å². The zero-order valence-electron chi connectivity index (χ0n) is 35.9. The fourth-order valence-electron chi connectivity index (χ4n) is 12.4. The Morgan fingerprint density at radius 3 is 2.20 bits per heavy atom.